The van der Waals surface area contributed by atoms with Gasteiger partial charge in [-0.25, -0.2) is 0 Å². The average Bonchev–Trinajstić information content (AvgIpc) is 2.99. The SMILES string of the molecule is CCC(C)(C)c1cc(CCOCCCCS(=O)(=O)O)c(C(C)(C)CC)s1. The number of thiophene rings is 1. The number of rotatable bonds is 12. The van der Waals surface area contributed by atoms with Crippen molar-refractivity contribution in [1.82, 2.24) is 0 Å². The molecule has 0 bridgehead atoms. The first-order valence-electron chi connectivity index (χ1n) is 9.59. The van der Waals surface area contributed by atoms with E-state index in [-0.39, 0.29) is 16.6 Å². The van der Waals surface area contributed by atoms with Crippen molar-refractivity contribution in [2.24, 2.45) is 0 Å². The molecule has 0 amide bonds. The Morgan fingerprint density at radius 2 is 1.65 bits per heavy atom. The molecule has 1 heterocycles. The summed E-state index contributed by atoms with van der Waals surface area (Å²) in [6, 6.07) is 2.36. The van der Waals surface area contributed by atoms with E-state index < -0.39 is 10.1 Å². The van der Waals surface area contributed by atoms with E-state index in [0.29, 0.717) is 26.1 Å². The first kappa shape index (κ1) is 23.6. The van der Waals surface area contributed by atoms with Gasteiger partial charge in [-0.05, 0) is 54.6 Å². The third-order valence-corrected chi connectivity index (χ3v) is 8.03. The third-order valence-electron chi connectivity index (χ3n) is 5.32. The Kier molecular flexibility index (Phi) is 8.78. The Hall–Kier alpha value is -0.430. The minimum atomic E-state index is -3.85. The minimum Gasteiger partial charge on any atom is -0.381 e. The van der Waals surface area contributed by atoms with Crippen molar-refractivity contribution in [2.75, 3.05) is 19.0 Å². The maximum Gasteiger partial charge on any atom is 0.264 e. The molecule has 26 heavy (non-hydrogen) atoms. The Balaban J connectivity index is 2.67. The van der Waals surface area contributed by atoms with Crippen LogP contribution < -0.4 is 0 Å². The van der Waals surface area contributed by atoms with Crippen LogP contribution in [-0.2, 0) is 32.1 Å². The standard InChI is InChI=1S/C20H36O4S2/c1-7-19(3,4)17-15-16(18(25-17)20(5,6)8-2)11-13-24-12-9-10-14-26(21,22)23/h15H,7-14H2,1-6H3,(H,21,22,23). The molecule has 6 heteroatoms. The molecule has 4 nitrogen and oxygen atoms in total. The topological polar surface area (TPSA) is 63.6 Å². The van der Waals surface area contributed by atoms with Gasteiger partial charge in [-0.2, -0.15) is 8.42 Å². The Morgan fingerprint density at radius 1 is 1.04 bits per heavy atom. The lowest BCUT2D eigenvalue weighted by Gasteiger charge is -2.24. The smallest absolute Gasteiger partial charge is 0.264 e. The van der Waals surface area contributed by atoms with Gasteiger partial charge in [0, 0.05) is 16.4 Å². The normalized spacial score (nSPS) is 13.3. The van der Waals surface area contributed by atoms with Gasteiger partial charge in [0.1, 0.15) is 0 Å². The molecule has 1 aromatic rings. The van der Waals surface area contributed by atoms with Gasteiger partial charge >= 0.3 is 0 Å². The summed E-state index contributed by atoms with van der Waals surface area (Å²) in [4.78, 5) is 2.91. The van der Waals surface area contributed by atoms with Crippen LogP contribution in [0.5, 0.6) is 0 Å². The second kappa shape index (κ2) is 9.67. The first-order valence-corrected chi connectivity index (χ1v) is 12.0. The number of hydrogen-bond donors (Lipinski definition) is 1. The number of ether oxygens (including phenoxy) is 1. The summed E-state index contributed by atoms with van der Waals surface area (Å²) >= 11 is 1.95. The lowest BCUT2D eigenvalue weighted by atomic mass is 9.84. The van der Waals surface area contributed by atoms with Gasteiger partial charge in [-0.15, -0.1) is 11.3 Å². The highest BCUT2D eigenvalue weighted by Crippen LogP contribution is 2.41. The van der Waals surface area contributed by atoms with Crippen molar-refractivity contribution >= 4 is 21.5 Å². The molecule has 0 radical (unpaired) electrons. The molecule has 0 fully saturated rings. The average molecular weight is 405 g/mol. The third kappa shape index (κ3) is 7.29. The number of unbranched alkanes of at least 4 members (excludes halogenated alkanes) is 1. The molecular formula is C20H36O4S2. The zero-order valence-corrected chi connectivity index (χ0v) is 18.9. The summed E-state index contributed by atoms with van der Waals surface area (Å²) in [7, 11) is -3.85. The van der Waals surface area contributed by atoms with E-state index >= 15 is 0 Å². The van der Waals surface area contributed by atoms with Crippen LogP contribution in [0.25, 0.3) is 0 Å². The lowest BCUT2D eigenvalue weighted by molar-refractivity contribution is 0.134. The highest BCUT2D eigenvalue weighted by Gasteiger charge is 2.28. The monoisotopic (exact) mass is 404 g/mol. The maximum atomic E-state index is 10.7. The second-order valence-electron chi connectivity index (χ2n) is 8.30. The fourth-order valence-electron chi connectivity index (χ4n) is 2.63. The van der Waals surface area contributed by atoms with Crippen molar-refractivity contribution < 1.29 is 17.7 Å². The zero-order valence-electron chi connectivity index (χ0n) is 17.2. The van der Waals surface area contributed by atoms with E-state index in [4.69, 9.17) is 9.29 Å². The van der Waals surface area contributed by atoms with E-state index in [1.165, 1.54) is 15.3 Å². The van der Waals surface area contributed by atoms with Crippen LogP contribution in [-0.4, -0.2) is 31.9 Å². The molecule has 1 N–H and O–H groups in total. The van der Waals surface area contributed by atoms with Crippen LogP contribution in [0.2, 0.25) is 0 Å². The van der Waals surface area contributed by atoms with E-state index in [1.54, 1.807) is 0 Å². The largest absolute Gasteiger partial charge is 0.381 e. The molecule has 0 aromatic carbocycles. The molecule has 0 aliphatic heterocycles. The predicted molar refractivity (Wildman–Crippen MR) is 111 cm³/mol. The molecular weight excluding hydrogens is 368 g/mol. The lowest BCUT2D eigenvalue weighted by Crippen LogP contribution is -2.16. The Labute approximate surface area is 164 Å². The van der Waals surface area contributed by atoms with Crippen molar-refractivity contribution in [1.29, 1.82) is 0 Å². The second-order valence-corrected chi connectivity index (χ2v) is 10.9. The fraction of sp³-hybridized carbons (Fsp3) is 0.800. The molecule has 1 rings (SSSR count). The van der Waals surface area contributed by atoms with Crippen LogP contribution in [0.15, 0.2) is 6.07 Å². The van der Waals surface area contributed by atoms with Gasteiger partial charge in [0.2, 0.25) is 0 Å². The van der Waals surface area contributed by atoms with Crippen molar-refractivity contribution in [3.8, 4) is 0 Å². The summed E-state index contributed by atoms with van der Waals surface area (Å²) in [5, 5.41) is 0. The summed E-state index contributed by atoms with van der Waals surface area (Å²) in [6.45, 7) is 14.9. The fourth-order valence-corrected chi connectivity index (χ4v) is 4.75. The van der Waals surface area contributed by atoms with Gasteiger partial charge in [-0.3, -0.25) is 4.55 Å². The molecule has 0 atom stereocenters. The van der Waals surface area contributed by atoms with Crippen LogP contribution in [0.1, 0.15) is 82.5 Å². The van der Waals surface area contributed by atoms with Crippen LogP contribution in [0.3, 0.4) is 0 Å². The van der Waals surface area contributed by atoms with Gasteiger partial charge < -0.3 is 4.74 Å². The highest BCUT2D eigenvalue weighted by atomic mass is 32.2. The van der Waals surface area contributed by atoms with Gasteiger partial charge in [0.25, 0.3) is 10.1 Å². The summed E-state index contributed by atoms with van der Waals surface area (Å²) in [6.07, 6.45) is 4.17. The van der Waals surface area contributed by atoms with Gasteiger partial charge in [-0.1, -0.05) is 41.5 Å². The van der Waals surface area contributed by atoms with Crippen molar-refractivity contribution in [3.05, 3.63) is 21.4 Å². The zero-order chi connectivity index (χ0) is 20.0. The molecule has 152 valence electrons. The first-order chi connectivity index (χ1) is 11.9. The summed E-state index contributed by atoms with van der Waals surface area (Å²) in [5.41, 5.74) is 1.74. The van der Waals surface area contributed by atoms with Crippen LogP contribution >= 0.6 is 11.3 Å². The summed E-state index contributed by atoms with van der Waals surface area (Å²) < 4.78 is 35.8. The van der Waals surface area contributed by atoms with E-state index in [0.717, 1.165) is 19.3 Å². The van der Waals surface area contributed by atoms with E-state index in [9.17, 15) is 8.42 Å². The molecule has 0 saturated heterocycles. The number of hydrogen-bond acceptors (Lipinski definition) is 4. The maximum absolute atomic E-state index is 10.7. The van der Waals surface area contributed by atoms with E-state index in [2.05, 4.69) is 47.6 Å². The molecule has 0 aliphatic rings. The van der Waals surface area contributed by atoms with Gasteiger partial charge in [0.15, 0.2) is 0 Å². The van der Waals surface area contributed by atoms with Gasteiger partial charge in [0.05, 0.1) is 12.4 Å². The molecule has 0 saturated carbocycles. The molecule has 0 aliphatic carbocycles. The van der Waals surface area contributed by atoms with Crippen LogP contribution in [0, 0.1) is 0 Å². The van der Waals surface area contributed by atoms with E-state index in [1.807, 2.05) is 11.3 Å². The van der Waals surface area contributed by atoms with Crippen LogP contribution in [0.4, 0.5) is 0 Å². The van der Waals surface area contributed by atoms with Crippen molar-refractivity contribution in [2.45, 2.75) is 84.5 Å². The molecule has 0 spiro atoms. The Bertz CT molecular complexity index is 657. The quantitative estimate of drug-likeness (QED) is 0.377. The molecule has 1 aromatic heterocycles. The summed E-state index contributed by atoms with van der Waals surface area (Å²) in [5.74, 6) is -0.189. The predicted octanol–water partition coefficient (Wildman–Crippen LogP) is 5.35. The minimum absolute atomic E-state index is 0.164. The Morgan fingerprint density at radius 3 is 2.19 bits per heavy atom. The highest BCUT2D eigenvalue weighted by molar-refractivity contribution is 7.85. The molecule has 0 unspecified atom stereocenters. The van der Waals surface area contributed by atoms with Crippen molar-refractivity contribution in [3.63, 3.8) is 0 Å².